The summed E-state index contributed by atoms with van der Waals surface area (Å²) in [6.45, 7) is -0.0524. The molecule has 0 aromatic rings. The lowest BCUT2D eigenvalue weighted by Gasteiger charge is -1.96. The van der Waals surface area contributed by atoms with Crippen molar-refractivity contribution >= 4 is 18.3 Å². The predicted octanol–water partition coefficient (Wildman–Crippen LogP) is -0.407. The topological polar surface area (TPSA) is 55.1 Å². The minimum absolute atomic E-state index is 0. The Bertz CT molecular complexity index is 133. The Morgan fingerprint density at radius 2 is 2.30 bits per heavy atom. The van der Waals surface area contributed by atoms with Gasteiger partial charge in [-0.05, 0) is 0 Å². The van der Waals surface area contributed by atoms with Crippen molar-refractivity contribution in [3.8, 4) is 0 Å². The zero-order valence-electron chi connectivity index (χ0n) is 5.34. The van der Waals surface area contributed by atoms with Crippen LogP contribution < -0.4 is 11.1 Å². The maximum atomic E-state index is 12.0. The average molecular weight is 169 g/mol. The Hall–Kier alpha value is -0.350. The van der Waals surface area contributed by atoms with E-state index < -0.39 is 6.17 Å². The molecule has 1 amide bonds. The van der Waals surface area contributed by atoms with Gasteiger partial charge < -0.3 is 11.1 Å². The van der Waals surface area contributed by atoms with Crippen LogP contribution >= 0.6 is 12.4 Å². The third-order valence-electron chi connectivity index (χ3n) is 1.24. The number of carbonyl (C=O) groups is 1. The minimum atomic E-state index is -0.833. The monoisotopic (exact) mass is 168 g/mol. The largest absolute Gasteiger partial charge is 0.349 e. The first-order chi connectivity index (χ1) is 4.24. The molecule has 0 aromatic carbocycles. The van der Waals surface area contributed by atoms with Crippen molar-refractivity contribution in [3.63, 3.8) is 0 Å². The summed E-state index contributed by atoms with van der Waals surface area (Å²) >= 11 is 0. The molecule has 3 nitrogen and oxygen atoms in total. The fourth-order valence-corrected chi connectivity index (χ4v) is 0.579. The molecule has 1 aliphatic carbocycles. The molecule has 3 N–H and O–H groups in total. The van der Waals surface area contributed by atoms with Crippen molar-refractivity contribution in [3.05, 3.63) is 0 Å². The third kappa shape index (κ3) is 2.49. The van der Waals surface area contributed by atoms with E-state index in [4.69, 9.17) is 5.73 Å². The van der Waals surface area contributed by atoms with E-state index in [2.05, 4.69) is 5.32 Å². The second-order valence-corrected chi connectivity index (χ2v) is 2.13. The molecule has 0 saturated heterocycles. The molecule has 0 radical (unpaired) electrons. The lowest BCUT2D eigenvalue weighted by molar-refractivity contribution is -0.119. The van der Waals surface area contributed by atoms with Gasteiger partial charge in [0.2, 0.25) is 5.91 Å². The molecule has 0 unspecified atom stereocenters. The Balaban J connectivity index is 0.000000810. The van der Waals surface area contributed by atoms with E-state index in [1.807, 2.05) is 0 Å². The summed E-state index contributed by atoms with van der Waals surface area (Å²) in [4.78, 5) is 10.4. The fourth-order valence-electron chi connectivity index (χ4n) is 0.579. The number of hydrogen-bond donors (Lipinski definition) is 2. The van der Waals surface area contributed by atoms with Crippen LogP contribution in [0.3, 0.4) is 0 Å². The van der Waals surface area contributed by atoms with Crippen molar-refractivity contribution in [2.45, 2.75) is 18.6 Å². The molecule has 0 bridgehead atoms. The van der Waals surface area contributed by atoms with Gasteiger partial charge in [-0.15, -0.1) is 12.4 Å². The number of halogens is 2. The van der Waals surface area contributed by atoms with Gasteiger partial charge in [0.15, 0.2) is 0 Å². The molecule has 0 aromatic heterocycles. The lowest BCUT2D eigenvalue weighted by atomic mass is 10.5. The predicted molar refractivity (Wildman–Crippen MR) is 37.7 cm³/mol. The van der Waals surface area contributed by atoms with Gasteiger partial charge in [0.1, 0.15) is 6.17 Å². The second-order valence-electron chi connectivity index (χ2n) is 2.13. The van der Waals surface area contributed by atoms with Crippen molar-refractivity contribution in [1.82, 2.24) is 5.32 Å². The number of nitrogens with two attached hydrogens (primary N) is 1. The minimum Gasteiger partial charge on any atom is -0.349 e. The number of rotatable bonds is 2. The van der Waals surface area contributed by atoms with Gasteiger partial charge in [0.25, 0.3) is 0 Å². The Morgan fingerprint density at radius 3 is 2.60 bits per heavy atom. The van der Waals surface area contributed by atoms with E-state index >= 15 is 0 Å². The smallest absolute Gasteiger partial charge is 0.234 e. The van der Waals surface area contributed by atoms with E-state index in [0.29, 0.717) is 6.42 Å². The van der Waals surface area contributed by atoms with Gasteiger partial charge >= 0.3 is 0 Å². The number of carbonyl (C=O) groups excluding carboxylic acids is 1. The molecule has 60 valence electrons. The molecular weight excluding hydrogens is 159 g/mol. The highest BCUT2D eigenvalue weighted by Gasteiger charge is 2.38. The van der Waals surface area contributed by atoms with Gasteiger partial charge in [-0.2, -0.15) is 0 Å². The first-order valence-electron chi connectivity index (χ1n) is 2.87. The van der Waals surface area contributed by atoms with Crippen LogP contribution in [0.1, 0.15) is 6.42 Å². The first-order valence-corrected chi connectivity index (χ1v) is 2.87. The SMILES string of the molecule is Cl.NCC(=O)N[C@@H]1C[C@@H]1F. The molecule has 1 rings (SSSR count). The number of hydrogen-bond acceptors (Lipinski definition) is 2. The molecule has 0 aliphatic heterocycles. The summed E-state index contributed by atoms with van der Waals surface area (Å²) < 4.78 is 12.0. The summed E-state index contributed by atoms with van der Waals surface area (Å²) in [5.41, 5.74) is 4.96. The molecule has 1 fully saturated rings. The standard InChI is InChI=1S/C5H9FN2O.ClH/c6-3-1-4(3)8-5(9)2-7;/h3-4H,1-2,7H2,(H,8,9);1H/t3-,4+;/m0./s1. The van der Waals surface area contributed by atoms with E-state index in [1.54, 1.807) is 0 Å². The summed E-state index contributed by atoms with van der Waals surface area (Å²) in [6, 6.07) is -0.249. The number of nitrogens with one attached hydrogen (secondary N) is 1. The van der Waals surface area contributed by atoms with Crippen LogP contribution in [0.5, 0.6) is 0 Å². The van der Waals surface area contributed by atoms with Crippen molar-refractivity contribution in [1.29, 1.82) is 0 Å². The summed E-state index contributed by atoms with van der Waals surface area (Å²) in [5, 5.41) is 2.41. The van der Waals surface area contributed by atoms with Crippen molar-refractivity contribution in [2.75, 3.05) is 6.54 Å². The van der Waals surface area contributed by atoms with E-state index in [1.165, 1.54) is 0 Å². The Morgan fingerprint density at radius 1 is 1.80 bits per heavy atom. The summed E-state index contributed by atoms with van der Waals surface area (Å²) in [7, 11) is 0. The van der Waals surface area contributed by atoms with Crippen molar-refractivity contribution < 1.29 is 9.18 Å². The van der Waals surface area contributed by atoms with Crippen LogP contribution in [0.4, 0.5) is 4.39 Å². The van der Waals surface area contributed by atoms with E-state index in [-0.39, 0.29) is 30.9 Å². The quantitative estimate of drug-likeness (QED) is 0.589. The molecule has 0 spiro atoms. The Labute approximate surface area is 64.6 Å². The molecular formula is C5H10ClFN2O. The number of alkyl halides is 1. The van der Waals surface area contributed by atoms with Crippen LogP contribution in [-0.2, 0) is 4.79 Å². The first kappa shape index (κ1) is 9.65. The highest BCUT2D eigenvalue weighted by atomic mass is 35.5. The maximum Gasteiger partial charge on any atom is 0.234 e. The molecule has 2 atom stereocenters. The summed E-state index contributed by atoms with van der Waals surface area (Å²) in [5.74, 6) is -0.278. The zero-order chi connectivity index (χ0) is 6.85. The van der Waals surface area contributed by atoms with Gasteiger partial charge in [0, 0.05) is 6.42 Å². The normalized spacial score (nSPS) is 28.6. The summed E-state index contributed by atoms with van der Waals surface area (Å²) in [6.07, 6.45) is -0.383. The molecule has 5 heteroatoms. The van der Waals surface area contributed by atoms with Gasteiger partial charge in [0.05, 0.1) is 12.6 Å². The lowest BCUT2D eigenvalue weighted by Crippen LogP contribution is -2.32. The average Bonchev–Trinajstić information content (AvgIpc) is 2.47. The van der Waals surface area contributed by atoms with Crippen LogP contribution in [0, 0.1) is 0 Å². The number of amides is 1. The molecule has 10 heavy (non-hydrogen) atoms. The van der Waals surface area contributed by atoms with E-state index in [0.717, 1.165) is 0 Å². The fraction of sp³-hybridized carbons (Fsp3) is 0.800. The Kier molecular flexibility index (Phi) is 3.60. The van der Waals surface area contributed by atoms with Crippen LogP contribution in [0.15, 0.2) is 0 Å². The zero-order valence-corrected chi connectivity index (χ0v) is 6.16. The highest BCUT2D eigenvalue weighted by molar-refractivity contribution is 5.85. The second kappa shape index (κ2) is 3.73. The van der Waals surface area contributed by atoms with Crippen molar-refractivity contribution in [2.24, 2.45) is 5.73 Å². The van der Waals surface area contributed by atoms with Gasteiger partial charge in [-0.25, -0.2) is 4.39 Å². The van der Waals surface area contributed by atoms with Crippen LogP contribution in [0.2, 0.25) is 0 Å². The molecule has 1 saturated carbocycles. The highest BCUT2D eigenvalue weighted by Crippen LogP contribution is 2.24. The van der Waals surface area contributed by atoms with E-state index in [9.17, 15) is 9.18 Å². The van der Waals surface area contributed by atoms with Gasteiger partial charge in [-0.3, -0.25) is 4.79 Å². The maximum absolute atomic E-state index is 12.0. The molecule has 1 aliphatic rings. The molecule has 0 heterocycles. The van der Waals surface area contributed by atoms with Gasteiger partial charge in [-0.1, -0.05) is 0 Å². The van der Waals surface area contributed by atoms with Crippen LogP contribution in [-0.4, -0.2) is 24.7 Å². The third-order valence-corrected chi connectivity index (χ3v) is 1.24. The van der Waals surface area contributed by atoms with Crippen LogP contribution in [0.25, 0.3) is 0 Å².